The summed E-state index contributed by atoms with van der Waals surface area (Å²) in [5.41, 5.74) is 2.39. The molecule has 3 N–H and O–H groups in total. The number of hydrogen-bond acceptors (Lipinski definition) is 3. The van der Waals surface area contributed by atoms with E-state index in [9.17, 15) is 4.79 Å². The molecular weight excluding hydrogens is 352 g/mol. The third-order valence-electron chi connectivity index (χ3n) is 4.58. The lowest BCUT2D eigenvalue weighted by Gasteiger charge is -2.12. The second kappa shape index (κ2) is 10.5. The Hall–Kier alpha value is -2.83. The second-order valence-corrected chi connectivity index (χ2v) is 7.04. The second-order valence-electron chi connectivity index (χ2n) is 7.04. The Balaban J connectivity index is 1.50. The van der Waals surface area contributed by atoms with E-state index >= 15 is 0 Å². The fourth-order valence-corrected chi connectivity index (χ4v) is 2.92. The first-order valence-corrected chi connectivity index (χ1v) is 10.1. The van der Waals surface area contributed by atoms with Crippen molar-refractivity contribution >= 4 is 11.9 Å². The van der Waals surface area contributed by atoms with E-state index in [0.29, 0.717) is 19.0 Å². The average molecular weight is 383 g/mol. The number of aromatic nitrogens is 2. The Morgan fingerprint density at radius 2 is 2.04 bits per heavy atom. The summed E-state index contributed by atoms with van der Waals surface area (Å²) in [5.74, 6) is 0.929. The number of carbonyl (C=O) groups is 1. The maximum Gasteiger partial charge on any atom is 0.220 e. The minimum Gasteiger partial charge on any atom is -0.357 e. The van der Waals surface area contributed by atoms with Gasteiger partial charge in [-0.25, -0.2) is 4.99 Å². The van der Waals surface area contributed by atoms with E-state index < -0.39 is 0 Å². The van der Waals surface area contributed by atoms with Crippen molar-refractivity contribution < 1.29 is 4.79 Å². The van der Waals surface area contributed by atoms with Crippen LogP contribution in [0.2, 0.25) is 0 Å². The van der Waals surface area contributed by atoms with E-state index in [4.69, 9.17) is 4.99 Å². The molecule has 1 aromatic heterocycles. The normalized spacial score (nSPS) is 14.0. The number of rotatable bonds is 10. The van der Waals surface area contributed by atoms with Gasteiger partial charge in [0.2, 0.25) is 5.91 Å². The molecule has 1 fully saturated rings. The Morgan fingerprint density at radius 1 is 1.21 bits per heavy atom. The summed E-state index contributed by atoms with van der Waals surface area (Å²) in [6, 6.07) is 10.7. The highest BCUT2D eigenvalue weighted by Crippen LogP contribution is 2.18. The fraction of sp³-hybridized carbons (Fsp3) is 0.476. The molecule has 1 aliphatic carbocycles. The van der Waals surface area contributed by atoms with Crippen LogP contribution in [0.5, 0.6) is 0 Å². The number of aliphatic imine (C=N–C) groups is 1. The highest BCUT2D eigenvalue weighted by Gasteiger charge is 2.22. The Bertz CT molecular complexity index is 767. The van der Waals surface area contributed by atoms with E-state index in [2.05, 4.69) is 33.2 Å². The molecule has 0 saturated heterocycles. The van der Waals surface area contributed by atoms with Crippen molar-refractivity contribution in [2.24, 2.45) is 4.99 Å². The van der Waals surface area contributed by atoms with Crippen LogP contribution in [0.3, 0.4) is 0 Å². The van der Waals surface area contributed by atoms with Crippen molar-refractivity contribution in [3.8, 4) is 0 Å². The molecule has 1 aliphatic rings. The molecular formula is C21H30N6O. The molecule has 1 aromatic carbocycles. The van der Waals surface area contributed by atoms with Crippen molar-refractivity contribution in [1.29, 1.82) is 0 Å². The Labute approximate surface area is 166 Å². The molecule has 1 amide bonds. The van der Waals surface area contributed by atoms with Crippen LogP contribution >= 0.6 is 0 Å². The highest BCUT2D eigenvalue weighted by atomic mass is 16.1. The van der Waals surface area contributed by atoms with Gasteiger partial charge in [-0.15, -0.1) is 0 Å². The van der Waals surface area contributed by atoms with Crippen molar-refractivity contribution in [1.82, 2.24) is 25.7 Å². The zero-order valence-electron chi connectivity index (χ0n) is 16.5. The van der Waals surface area contributed by atoms with Crippen LogP contribution < -0.4 is 16.0 Å². The number of amides is 1. The first kappa shape index (κ1) is 19.9. The lowest BCUT2D eigenvalue weighted by Crippen LogP contribution is -2.38. The maximum absolute atomic E-state index is 11.8. The molecule has 1 heterocycles. The summed E-state index contributed by atoms with van der Waals surface area (Å²) in [6.07, 6.45) is 7.35. The predicted molar refractivity (Wildman–Crippen MR) is 111 cm³/mol. The van der Waals surface area contributed by atoms with E-state index in [1.54, 1.807) is 6.20 Å². The highest BCUT2D eigenvalue weighted by molar-refractivity contribution is 5.80. The molecule has 1 saturated carbocycles. The molecule has 0 unspecified atom stereocenters. The number of benzene rings is 1. The van der Waals surface area contributed by atoms with Gasteiger partial charge in [-0.2, -0.15) is 5.10 Å². The number of hydrogen-bond donors (Lipinski definition) is 3. The average Bonchev–Trinajstić information content (AvgIpc) is 3.36. The first-order chi connectivity index (χ1) is 13.7. The molecule has 0 atom stereocenters. The van der Waals surface area contributed by atoms with E-state index in [1.807, 2.05) is 36.0 Å². The van der Waals surface area contributed by atoms with E-state index in [-0.39, 0.29) is 5.91 Å². The van der Waals surface area contributed by atoms with Crippen LogP contribution in [-0.2, 0) is 17.9 Å². The van der Waals surface area contributed by atoms with Gasteiger partial charge in [0.05, 0.1) is 13.1 Å². The Morgan fingerprint density at radius 3 is 2.75 bits per heavy atom. The molecule has 2 aromatic rings. The van der Waals surface area contributed by atoms with Gasteiger partial charge < -0.3 is 16.0 Å². The number of guanidine groups is 1. The molecule has 0 spiro atoms. The van der Waals surface area contributed by atoms with Crippen molar-refractivity contribution in [2.75, 3.05) is 13.1 Å². The van der Waals surface area contributed by atoms with Crippen molar-refractivity contribution in [3.05, 3.63) is 53.9 Å². The van der Waals surface area contributed by atoms with Gasteiger partial charge in [0.15, 0.2) is 5.96 Å². The predicted octanol–water partition coefficient (Wildman–Crippen LogP) is 2.05. The SMILES string of the molecule is CCNC(=NCc1ccccc1Cn1cccn1)NCCCC(=O)NC1CC1. The summed E-state index contributed by atoms with van der Waals surface area (Å²) < 4.78 is 1.92. The van der Waals surface area contributed by atoms with Gasteiger partial charge in [-0.3, -0.25) is 9.48 Å². The molecule has 3 rings (SSSR count). The standard InChI is InChI=1S/C21H30N6O/c1-2-22-21(23-12-5-9-20(28)26-19-10-11-19)24-15-17-7-3-4-8-18(17)16-27-14-6-13-25-27/h3-4,6-8,13-14,19H,2,5,9-12,15-16H2,1H3,(H,26,28)(H2,22,23,24). The third kappa shape index (κ3) is 6.72. The smallest absolute Gasteiger partial charge is 0.220 e. The molecule has 0 bridgehead atoms. The molecule has 7 heteroatoms. The van der Waals surface area contributed by atoms with Crippen LogP contribution in [0, 0.1) is 0 Å². The van der Waals surface area contributed by atoms with Crippen LogP contribution in [0.15, 0.2) is 47.7 Å². The Kier molecular flexibility index (Phi) is 7.46. The van der Waals surface area contributed by atoms with E-state index in [0.717, 1.165) is 44.9 Å². The summed E-state index contributed by atoms with van der Waals surface area (Å²) in [6.45, 7) is 4.89. The fourth-order valence-electron chi connectivity index (χ4n) is 2.92. The minimum atomic E-state index is 0.152. The van der Waals surface area contributed by atoms with Crippen molar-refractivity contribution in [3.63, 3.8) is 0 Å². The van der Waals surface area contributed by atoms with Crippen molar-refractivity contribution in [2.45, 2.75) is 51.7 Å². The van der Waals surface area contributed by atoms with Gasteiger partial charge in [0.25, 0.3) is 0 Å². The third-order valence-corrected chi connectivity index (χ3v) is 4.58. The zero-order chi connectivity index (χ0) is 19.6. The summed E-state index contributed by atoms with van der Waals surface area (Å²) in [5, 5.41) is 13.9. The lowest BCUT2D eigenvalue weighted by molar-refractivity contribution is -0.121. The van der Waals surface area contributed by atoms with Gasteiger partial charge in [0.1, 0.15) is 0 Å². The summed E-state index contributed by atoms with van der Waals surface area (Å²) in [4.78, 5) is 16.5. The molecule has 0 aliphatic heterocycles. The first-order valence-electron chi connectivity index (χ1n) is 10.1. The largest absolute Gasteiger partial charge is 0.357 e. The number of nitrogens with one attached hydrogen (secondary N) is 3. The molecule has 150 valence electrons. The van der Waals surface area contributed by atoms with Crippen LogP contribution in [-0.4, -0.2) is 40.8 Å². The lowest BCUT2D eigenvalue weighted by atomic mass is 10.1. The topological polar surface area (TPSA) is 83.3 Å². The maximum atomic E-state index is 11.8. The van der Waals surface area contributed by atoms with Gasteiger partial charge in [-0.1, -0.05) is 24.3 Å². The van der Waals surface area contributed by atoms with Gasteiger partial charge in [0, 0.05) is 37.9 Å². The van der Waals surface area contributed by atoms with Crippen LogP contribution in [0.25, 0.3) is 0 Å². The quantitative estimate of drug-likeness (QED) is 0.334. The van der Waals surface area contributed by atoms with Crippen LogP contribution in [0.1, 0.15) is 43.7 Å². The van der Waals surface area contributed by atoms with E-state index in [1.165, 1.54) is 11.1 Å². The van der Waals surface area contributed by atoms with Crippen LogP contribution in [0.4, 0.5) is 0 Å². The molecule has 7 nitrogen and oxygen atoms in total. The molecule has 0 radical (unpaired) electrons. The summed E-state index contributed by atoms with van der Waals surface area (Å²) in [7, 11) is 0. The van der Waals surface area contributed by atoms with Gasteiger partial charge >= 0.3 is 0 Å². The monoisotopic (exact) mass is 382 g/mol. The van der Waals surface area contributed by atoms with Gasteiger partial charge in [-0.05, 0) is 43.4 Å². The number of carbonyl (C=O) groups excluding carboxylic acids is 1. The molecule has 28 heavy (non-hydrogen) atoms. The minimum absolute atomic E-state index is 0.152. The zero-order valence-corrected chi connectivity index (χ0v) is 16.5. The summed E-state index contributed by atoms with van der Waals surface area (Å²) >= 11 is 0. The number of nitrogens with zero attached hydrogens (tertiary/aromatic N) is 3.